The summed E-state index contributed by atoms with van der Waals surface area (Å²) in [4.78, 5) is 0. The fraction of sp³-hybridized carbons (Fsp3) is 0.750. The van der Waals surface area contributed by atoms with Gasteiger partial charge in [-0.2, -0.15) is 5.10 Å². The molecule has 1 aromatic heterocycles. The molecule has 0 amide bonds. The summed E-state index contributed by atoms with van der Waals surface area (Å²) in [6.45, 7) is 6.05. The molecule has 0 bridgehead atoms. The van der Waals surface area contributed by atoms with Crippen LogP contribution in [0.5, 0.6) is 0 Å². The summed E-state index contributed by atoms with van der Waals surface area (Å²) < 4.78 is 8.30. The van der Waals surface area contributed by atoms with E-state index in [9.17, 15) is 5.11 Å². The van der Waals surface area contributed by atoms with Crippen LogP contribution in [0.25, 0.3) is 0 Å². The fourth-order valence-electron chi connectivity index (χ4n) is 2.23. The minimum absolute atomic E-state index is 0.426. The van der Waals surface area contributed by atoms with Gasteiger partial charge in [0.1, 0.15) is 0 Å². The van der Waals surface area contributed by atoms with Crippen LogP contribution in [-0.4, -0.2) is 33.7 Å². The van der Waals surface area contributed by atoms with Crippen LogP contribution in [0.2, 0.25) is 0 Å². The molecular weight excluding hydrogens is 284 g/mol. The molecule has 0 saturated carbocycles. The third-order valence-electron chi connectivity index (χ3n) is 3.27. The maximum absolute atomic E-state index is 10.4. The molecule has 17 heavy (non-hydrogen) atoms. The van der Waals surface area contributed by atoms with Crippen LogP contribution in [0.3, 0.4) is 0 Å². The van der Waals surface area contributed by atoms with Gasteiger partial charge in [-0.05, 0) is 29.3 Å². The molecule has 2 heterocycles. The standard InChI is InChI=1S/C12H19BrN2O2/c1-3-9-11(13)10(15(4-2)14-9)7-12(16)5-6-17-8-12/h16H,3-8H2,1-2H3. The van der Waals surface area contributed by atoms with Gasteiger partial charge in [-0.15, -0.1) is 0 Å². The molecule has 5 heteroatoms. The molecule has 1 aliphatic heterocycles. The Morgan fingerprint density at radius 3 is 2.82 bits per heavy atom. The second kappa shape index (κ2) is 5.08. The van der Waals surface area contributed by atoms with Crippen molar-refractivity contribution in [1.82, 2.24) is 9.78 Å². The molecular formula is C12H19BrN2O2. The van der Waals surface area contributed by atoms with Gasteiger partial charge in [0.15, 0.2) is 0 Å². The Labute approximate surface area is 110 Å². The SMILES string of the molecule is CCc1nn(CC)c(CC2(O)CCOC2)c1Br. The van der Waals surface area contributed by atoms with Crippen molar-refractivity contribution < 1.29 is 9.84 Å². The molecule has 1 saturated heterocycles. The van der Waals surface area contributed by atoms with E-state index in [-0.39, 0.29) is 0 Å². The van der Waals surface area contributed by atoms with Crippen LogP contribution in [0.15, 0.2) is 4.47 Å². The summed E-state index contributed by atoms with van der Waals surface area (Å²) in [5.41, 5.74) is 1.42. The zero-order valence-electron chi connectivity index (χ0n) is 10.4. The largest absolute Gasteiger partial charge is 0.387 e. The lowest BCUT2D eigenvalue weighted by atomic mass is 9.97. The fourth-order valence-corrected chi connectivity index (χ4v) is 2.94. The monoisotopic (exact) mass is 302 g/mol. The topological polar surface area (TPSA) is 47.3 Å². The first-order valence-corrected chi connectivity index (χ1v) is 6.93. The Hall–Kier alpha value is -0.390. The predicted molar refractivity (Wildman–Crippen MR) is 69.1 cm³/mol. The van der Waals surface area contributed by atoms with Crippen LogP contribution in [0, 0.1) is 0 Å². The quantitative estimate of drug-likeness (QED) is 0.924. The van der Waals surface area contributed by atoms with Gasteiger partial charge in [-0.3, -0.25) is 4.68 Å². The molecule has 1 aliphatic rings. The van der Waals surface area contributed by atoms with Crippen molar-refractivity contribution in [3.63, 3.8) is 0 Å². The van der Waals surface area contributed by atoms with Crippen LogP contribution in [0.4, 0.5) is 0 Å². The number of halogens is 1. The molecule has 0 spiro atoms. The third kappa shape index (κ3) is 2.56. The van der Waals surface area contributed by atoms with E-state index in [2.05, 4.69) is 34.9 Å². The van der Waals surface area contributed by atoms with Crippen molar-refractivity contribution in [1.29, 1.82) is 0 Å². The van der Waals surface area contributed by atoms with Crippen molar-refractivity contribution >= 4 is 15.9 Å². The number of nitrogens with zero attached hydrogens (tertiary/aromatic N) is 2. The molecule has 1 aromatic rings. The molecule has 0 radical (unpaired) electrons. The zero-order valence-corrected chi connectivity index (χ0v) is 12.0. The number of ether oxygens (including phenoxy) is 1. The summed E-state index contributed by atoms with van der Waals surface area (Å²) in [6.07, 6.45) is 2.21. The smallest absolute Gasteiger partial charge is 0.0957 e. The molecule has 1 unspecified atom stereocenters. The summed E-state index contributed by atoms with van der Waals surface area (Å²) in [5.74, 6) is 0. The lowest BCUT2D eigenvalue weighted by molar-refractivity contribution is 0.0252. The Balaban J connectivity index is 2.27. The van der Waals surface area contributed by atoms with E-state index >= 15 is 0 Å². The second-order valence-corrected chi connectivity index (χ2v) is 5.37. The third-order valence-corrected chi connectivity index (χ3v) is 4.19. The predicted octanol–water partition coefficient (Wildman–Crippen LogP) is 1.92. The molecule has 2 rings (SSSR count). The summed E-state index contributed by atoms with van der Waals surface area (Å²) in [7, 11) is 0. The number of aryl methyl sites for hydroxylation is 2. The normalized spacial score (nSPS) is 24.5. The minimum Gasteiger partial charge on any atom is -0.387 e. The Morgan fingerprint density at radius 2 is 2.29 bits per heavy atom. The van der Waals surface area contributed by atoms with E-state index in [1.54, 1.807) is 0 Å². The van der Waals surface area contributed by atoms with Crippen molar-refractivity contribution in [3.05, 3.63) is 15.9 Å². The van der Waals surface area contributed by atoms with E-state index < -0.39 is 5.60 Å². The number of rotatable bonds is 4. The number of hydrogen-bond donors (Lipinski definition) is 1. The second-order valence-electron chi connectivity index (χ2n) is 4.58. The maximum atomic E-state index is 10.4. The van der Waals surface area contributed by atoms with E-state index in [0.717, 1.165) is 28.8 Å². The number of aliphatic hydroxyl groups is 1. The number of aromatic nitrogens is 2. The molecule has 1 N–H and O–H groups in total. The molecule has 0 aliphatic carbocycles. The molecule has 0 aromatic carbocycles. The minimum atomic E-state index is -0.722. The van der Waals surface area contributed by atoms with Gasteiger partial charge in [0.2, 0.25) is 0 Å². The van der Waals surface area contributed by atoms with Crippen molar-refractivity contribution in [2.24, 2.45) is 0 Å². The average Bonchev–Trinajstić information content (AvgIpc) is 2.86. The van der Waals surface area contributed by atoms with E-state index in [0.29, 0.717) is 26.1 Å². The van der Waals surface area contributed by atoms with Crippen molar-refractivity contribution in [3.8, 4) is 0 Å². The van der Waals surface area contributed by atoms with E-state index in [4.69, 9.17) is 4.74 Å². The lowest BCUT2D eigenvalue weighted by Crippen LogP contribution is -2.32. The molecule has 1 atom stereocenters. The Kier molecular flexibility index (Phi) is 3.90. The molecule has 96 valence electrons. The first kappa shape index (κ1) is 13.1. The average molecular weight is 303 g/mol. The van der Waals surface area contributed by atoms with E-state index in [1.807, 2.05) is 4.68 Å². The lowest BCUT2D eigenvalue weighted by Gasteiger charge is -2.20. The zero-order chi connectivity index (χ0) is 12.5. The Morgan fingerprint density at radius 1 is 1.53 bits per heavy atom. The van der Waals surface area contributed by atoms with Gasteiger partial charge in [-0.1, -0.05) is 6.92 Å². The maximum Gasteiger partial charge on any atom is 0.0957 e. The summed E-state index contributed by atoms with van der Waals surface area (Å²) in [5, 5.41) is 14.9. The van der Waals surface area contributed by atoms with Crippen LogP contribution < -0.4 is 0 Å². The van der Waals surface area contributed by atoms with Gasteiger partial charge in [0.25, 0.3) is 0 Å². The van der Waals surface area contributed by atoms with Gasteiger partial charge >= 0.3 is 0 Å². The highest BCUT2D eigenvalue weighted by Crippen LogP contribution is 2.29. The summed E-state index contributed by atoms with van der Waals surface area (Å²) in [6, 6.07) is 0. The highest BCUT2D eigenvalue weighted by atomic mass is 79.9. The highest BCUT2D eigenvalue weighted by Gasteiger charge is 2.34. The van der Waals surface area contributed by atoms with Crippen molar-refractivity contribution in [2.45, 2.75) is 45.3 Å². The van der Waals surface area contributed by atoms with E-state index in [1.165, 1.54) is 0 Å². The summed E-state index contributed by atoms with van der Waals surface area (Å²) >= 11 is 3.60. The molecule has 1 fully saturated rings. The van der Waals surface area contributed by atoms with Gasteiger partial charge in [0, 0.05) is 26.0 Å². The van der Waals surface area contributed by atoms with Crippen LogP contribution in [-0.2, 0) is 24.1 Å². The van der Waals surface area contributed by atoms with Gasteiger partial charge in [-0.25, -0.2) is 0 Å². The van der Waals surface area contributed by atoms with Crippen LogP contribution >= 0.6 is 15.9 Å². The first-order chi connectivity index (χ1) is 8.09. The van der Waals surface area contributed by atoms with Gasteiger partial charge in [0.05, 0.1) is 28.1 Å². The van der Waals surface area contributed by atoms with Gasteiger partial charge < -0.3 is 9.84 Å². The highest BCUT2D eigenvalue weighted by molar-refractivity contribution is 9.10. The first-order valence-electron chi connectivity index (χ1n) is 6.14. The van der Waals surface area contributed by atoms with Crippen molar-refractivity contribution in [2.75, 3.05) is 13.2 Å². The number of hydrogen-bond acceptors (Lipinski definition) is 3. The Bertz CT molecular complexity index is 397. The molecule has 4 nitrogen and oxygen atoms in total. The van der Waals surface area contributed by atoms with Crippen LogP contribution in [0.1, 0.15) is 31.7 Å².